The Hall–Kier alpha value is -0.0400. The Labute approximate surface area is 47.6 Å². The van der Waals surface area contributed by atoms with Crippen LogP contribution in [0.4, 0.5) is 0 Å². The molecule has 0 bridgehead atoms. The number of quaternary nitrogens is 1. The summed E-state index contributed by atoms with van der Waals surface area (Å²) < 4.78 is 0. The van der Waals surface area contributed by atoms with Crippen molar-refractivity contribution in [2.45, 2.75) is 39.8 Å². The molecule has 0 radical (unpaired) electrons. The van der Waals surface area contributed by atoms with Crippen molar-refractivity contribution in [1.29, 1.82) is 0 Å². The average molecular weight is 103 g/mol. The van der Waals surface area contributed by atoms with E-state index in [1.807, 2.05) is 0 Å². The first-order chi connectivity index (χ1) is 3.13. The van der Waals surface area contributed by atoms with Gasteiger partial charge in [0.05, 0.1) is 12.1 Å². The van der Waals surface area contributed by atoms with Crippen molar-refractivity contribution < 1.29 is 6.74 Å². The van der Waals surface area contributed by atoms with E-state index in [1.54, 1.807) is 0 Å². The maximum atomic E-state index is 2.33. The van der Waals surface area contributed by atoms with Crippen molar-refractivity contribution in [3.05, 3.63) is 0 Å². The zero-order valence-corrected chi connectivity index (χ0v) is 5.73. The summed E-state index contributed by atoms with van der Waals surface area (Å²) in [5.74, 6) is 0. The molecule has 0 saturated heterocycles. The molecule has 0 aromatic rings. The Morgan fingerprint density at radius 1 is 1.00 bits per heavy atom. The molecule has 0 atom stereocenters. The number of hydrogen-bond donors (Lipinski definition) is 1. The second-order valence-electron chi connectivity index (χ2n) is 2.68. The molecule has 46 valence electrons. The van der Waals surface area contributed by atoms with Crippen molar-refractivity contribution in [2.75, 3.05) is 0 Å². The van der Waals surface area contributed by atoms with Gasteiger partial charge in [-0.2, -0.15) is 0 Å². The molecule has 0 aromatic heterocycles. The Kier molecular flexibility index (Phi) is 3.01. The zero-order valence-electron chi connectivity index (χ0n) is 6.73. The molecule has 0 unspecified atom stereocenters. The van der Waals surface area contributed by atoms with Gasteiger partial charge >= 0.3 is 0 Å². The fraction of sp³-hybridized carbons (Fsp3) is 1.00. The molecule has 0 aliphatic carbocycles. The highest BCUT2D eigenvalue weighted by Crippen LogP contribution is 1.67. The maximum Gasteiger partial charge on any atom is 0.0803 e. The van der Waals surface area contributed by atoms with Gasteiger partial charge in [0.25, 0.3) is 0 Å². The van der Waals surface area contributed by atoms with Gasteiger partial charge in [-0.3, -0.25) is 0 Å². The fourth-order valence-electron chi connectivity index (χ4n) is 0.770. The van der Waals surface area contributed by atoms with Crippen LogP contribution in [-0.4, -0.2) is 12.1 Å². The van der Waals surface area contributed by atoms with Gasteiger partial charge in [-0.1, -0.05) is 0 Å². The third-order valence-electron chi connectivity index (χ3n) is 0.770. The lowest BCUT2D eigenvalue weighted by Crippen LogP contribution is -2.92. The minimum absolute atomic E-state index is 0. The van der Waals surface area contributed by atoms with E-state index in [-0.39, 0.29) is 1.43 Å². The van der Waals surface area contributed by atoms with E-state index < -0.39 is 0 Å². The summed E-state index contributed by atoms with van der Waals surface area (Å²) >= 11 is 0. The molecule has 0 fully saturated rings. The molecule has 1 nitrogen and oxygen atoms in total. The smallest absolute Gasteiger partial charge is 0.0803 e. The normalized spacial score (nSPS) is 11.1. The van der Waals surface area contributed by atoms with Gasteiger partial charge in [-0.15, -0.1) is 0 Å². The molecule has 0 aromatic carbocycles. The number of nitrogens with two attached hydrogens (primary N) is 1. The predicted molar refractivity (Wildman–Crippen MR) is 33.3 cm³/mol. The summed E-state index contributed by atoms with van der Waals surface area (Å²) in [7, 11) is 0. The summed E-state index contributed by atoms with van der Waals surface area (Å²) in [5.41, 5.74) is 0. The van der Waals surface area contributed by atoms with E-state index in [0.717, 1.165) is 12.1 Å². The molecule has 0 rings (SSSR count). The second kappa shape index (κ2) is 3.03. The van der Waals surface area contributed by atoms with Crippen molar-refractivity contribution in [3.63, 3.8) is 0 Å². The Balaban J connectivity index is 0. The van der Waals surface area contributed by atoms with Gasteiger partial charge in [0, 0.05) is 0 Å². The van der Waals surface area contributed by atoms with Crippen LogP contribution < -0.4 is 5.32 Å². The molecule has 0 spiro atoms. The predicted octanol–water partition coefficient (Wildman–Crippen LogP) is 0.479. The summed E-state index contributed by atoms with van der Waals surface area (Å²) in [6, 6.07) is 1.50. The molecule has 1 heteroatoms. The molecule has 0 saturated carbocycles. The number of rotatable bonds is 2. The van der Waals surface area contributed by atoms with Crippen LogP contribution >= 0.6 is 0 Å². The molecule has 0 aliphatic heterocycles. The molecule has 7 heavy (non-hydrogen) atoms. The third kappa shape index (κ3) is 5.96. The van der Waals surface area contributed by atoms with Crippen LogP contribution in [0.3, 0.4) is 0 Å². The van der Waals surface area contributed by atoms with Crippen LogP contribution in [-0.2, 0) is 0 Å². The second-order valence-corrected chi connectivity index (χ2v) is 2.68. The lowest BCUT2D eigenvalue weighted by atomic mass is 10.3. The van der Waals surface area contributed by atoms with Gasteiger partial charge in [-0.05, 0) is 27.7 Å². The van der Waals surface area contributed by atoms with Crippen LogP contribution in [0.5, 0.6) is 0 Å². The molecule has 2 N–H and O–H groups in total. The van der Waals surface area contributed by atoms with Crippen LogP contribution in [0.15, 0.2) is 0 Å². The first-order valence-electron chi connectivity index (χ1n) is 2.98. The van der Waals surface area contributed by atoms with Gasteiger partial charge in [0.15, 0.2) is 0 Å². The summed E-state index contributed by atoms with van der Waals surface area (Å²) in [6.45, 7) is 8.83. The van der Waals surface area contributed by atoms with E-state index >= 15 is 0 Å². The van der Waals surface area contributed by atoms with Crippen LogP contribution in [0.1, 0.15) is 29.1 Å². The van der Waals surface area contributed by atoms with Crippen molar-refractivity contribution in [3.8, 4) is 0 Å². The molecule has 0 heterocycles. The van der Waals surface area contributed by atoms with E-state index in [9.17, 15) is 0 Å². The standard InChI is InChI=1S/C6H15N.H/c1-5(2)7-6(3)4;/h5-7H,1-4H3;/q;-1/p+1. The van der Waals surface area contributed by atoms with Gasteiger partial charge in [0.2, 0.25) is 0 Å². The third-order valence-corrected chi connectivity index (χ3v) is 0.770. The Morgan fingerprint density at radius 2 is 1.29 bits per heavy atom. The van der Waals surface area contributed by atoms with Crippen molar-refractivity contribution in [2.24, 2.45) is 0 Å². The summed E-state index contributed by atoms with van der Waals surface area (Å²) in [4.78, 5) is 0. The monoisotopic (exact) mass is 103 g/mol. The van der Waals surface area contributed by atoms with E-state index in [4.69, 9.17) is 0 Å². The van der Waals surface area contributed by atoms with Gasteiger partial charge in [0.1, 0.15) is 0 Å². The molecular weight excluding hydrogens is 86.1 g/mol. The minimum Gasteiger partial charge on any atom is -1.00 e. The lowest BCUT2D eigenvalue weighted by molar-refractivity contribution is -0.709. The first kappa shape index (κ1) is 6.96. The summed E-state index contributed by atoms with van der Waals surface area (Å²) in [6.07, 6.45) is 0. The summed E-state index contributed by atoms with van der Waals surface area (Å²) in [5, 5.41) is 2.33. The highest BCUT2D eigenvalue weighted by atomic mass is 14.9. The Bertz CT molecular complexity index is 37.8. The van der Waals surface area contributed by atoms with Crippen LogP contribution in [0.2, 0.25) is 0 Å². The average Bonchev–Trinajstić information content (AvgIpc) is 1.27. The molecule has 0 amide bonds. The molecule has 0 aliphatic rings. The van der Waals surface area contributed by atoms with Gasteiger partial charge < -0.3 is 6.74 Å². The van der Waals surface area contributed by atoms with Crippen LogP contribution in [0, 0.1) is 0 Å². The number of hydrogen-bond acceptors (Lipinski definition) is 0. The van der Waals surface area contributed by atoms with Crippen molar-refractivity contribution in [1.82, 2.24) is 0 Å². The first-order valence-corrected chi connectivity index (χ1v) is 2.98. The Morgan fingerprint density at radius 3 is 1.29 bits per heavy atom. The lowest BCUT2D eigenvalue weighted by Gasteiger charge is -2.06. The quantitative estimate of drug-likeness (QED) is 0.523. The van der Waals surface area contributed by atoms with E-state index in [1.165, 1.54) is 0 Å². The largest absolute Gasteiger partial charge is 1.00 e. The fourth-order valence-corrected chi connectivity index (χ4v) is 0.770. The van der Waals surface area contributed by atoms with E-state index in [0.29, 0.717) is 0 Å². The SMILES string of the molecule is CC(C)[NH2+]C(C)C.[H-]. The minimum atomic E-state index is 0. The highest BCUT2D eigenvalue weighted by Gasteiger charge is 1.96. The van der Waals surface area contributed by atoms with Crippen molar-refractivity contribution >= 4 is 0 Å². The van der Waals surface area contributed by atoms with Crippen LogP contribution in [0.25, 0.3) is 0 Å². The maximum absolute atomic E-state index is 2.33. The zero-order chi connectivity index (χ0) is 5.86. The van der Waals surface area contributed by atoms with E-state index in [2.05, 4.69) is 33.0 Å². The van der Waals surface area contributed by atoms with Gasteiger partial charge in [-0.25, -0.2) is 0 Å². The highest BCUT2D eigenvalue weighted by molar-refractivity contribution is 4.31. The molecular formula is C6H17N. The topological polar surface area (TPSA) is 16.6 Å².